The van der Waals surface area contributed by atoms with Crippen LogP contribution in [0.1, 0.15) is 19.4 Å². The van der Waals surface area contributed by atoms with Crippen molar-refractivity contribution in [2.45, 2.75) is 26.1 Å². The number of nitrogens with zero attached hydrogens (tertiary/aromatic N) is 3. The maximum atomic E-state index is 9.02. The highest BCUT2D eigenvalue weighted by atomic mass is 35.5. The fourth-order valence-electron chi connectivity index (χ4n) is 1.92. The molecule has 1 aromatic heterocycles. The van der Waals surface area contributed by atoms with Crippen molar-refractivity contribution < 1.29 is 4.74 Å². The standard InChI is InChI=1S/C10H12ClN3OS/c1-6-4-14(5-7(2)15-6)10-8(3-12)9(11)13-16-10/h6-7H,4-5H2,1-2H3. The molecule has 0 amide bonds. The van der Waals surface area contributed by atoms with Crippen LogP contribution in [0.25, 0.3) is 0 Å². The number of anilines is 1. The predicted octanol–water partition coefficient (Wildman–Crippen LogP) is 2.28. The van der Waals surface area contributed by atoms with E-state index in [1.165, 1.54) is 11.5 Å². The van der Waals surface area contributed by atoms with Crippen molar-refractivity contribution in [1.82, 2.24) is 4.37 Å². The number of hydrogen-bond donors (Lipinski definition) is 0. The van der Waals surface area contributed by atoms with Crippen molar-refractivity contribution in [3.63, 3.8) is 0 Å². The lowest BCUT2D eigenvalue weighted by molar-refractivity contribution is -0.00501. The molecule has 0 aromatic carbocycles. The van der Waals surface area contributed by atoms with Crippen LogP contribution in [-0.2, 0) is 4.74 Å². The molecule has 2 rings (SSSR count). The van der Waals surface area contributed by atoms with Gasteiger partial charge >= 0.3 is 0 Å². The van der Waals surface area contributed by atoms with Crippen molar-refractivity contribution in [2.75, 3.05) is 18.0 Å². The molecule has 0 saturated carbocycles. The Morgan fingerprint density at radius 3 is 2.69 bits per heavy atom. The fourth-order valence-corrected chi connectivity index (χ4v) is 2.96. The molecule has 0 spiro atoms. The summed E-state index contributed by atoms with van der Waals surface area (Å²) in [6, 6.07) is 2.10. The smallest absolute Gasteiger partial charge is 0.162 e. The maximum absolute atomic E-state index is 9.02. The van der Waals surface area contributed by atoms with Gasteiger partial charge < -0.3 is 9.64 Å². The van der Waals surface area contributed by atoms with E-state index in [0.717, 1.165) is 18.1 Å². The minimum atomic E-state index is 0.163. The summed E-state index contributed by atoms with van der Waals surface area (Å²) >= 11 is 7.13. The molecular formula is C10H12ClN3OS. The summed E-state index contributed by atoms with van der Waals surface area (Å²) in [5.41, 5.74) is 0.480. The molecule has 16 heavy (non-hydrogen) atoms. The molecule has 1 aromatic rings. The van der Waals surface area contributed by atoms with E-state index >= 15 is 0 Å². The lowest BCUT2D eigenvalue weighted by Crippen LogP contribution is -2.45. The number of ether oxygens (including phenoxy) is 1. The first-order chi connectivity index (χ1) is 7.61. The number of nitriles is 1. The van der Waals surface area contributed by atoms with Gasteiger partial charge in [-0.2, -0.15) is 9.64 Å². The Hall–Kier alpha value is -0.830. The molecule has 0 aliphatic carbocycles. The normalized spacial score (nSPS) is 25.5. The van der Waals surface area contributed by atoms with Gasteiger partial charge in [-0.1, -0.05) is 11.6 Å². The van der Waals surface area contributed by atoms with Crippen LogP contribution < -0.4 is 4.90 Å². The minimum Gasteiger partial charge on any atom is -0.372 e. The summed E-state index contributed by atoms with van der Waals surface area (Å²) in [5.74, 6) is 0. The summed E-state index contributed by atoms with van der Waals surface area (Å²) in [7, 11) is 0. The number of aromatic nitrogens is 1. The van der Waals surface area contributed by atoms with Crippen molar-refractivity contribution in [2.24, 2.45) is 0 Å². The molecule has 0 N–H and O–H groups in total. The van der Waals surface area contributed by atoms with E-state index < -0.39 is 0 Å². The third-order valence-corrected chi connectivity index (χ3v) is 3.73. The Bertz CT molecular complexity index is 418. The van der Waals surface area contributed by atoms with E-state index in [-0.39, 0.29) is 12.2 Å². The molecular weight excluding hydrogens is 246 g/mol. The van der Waals surface area contributed by atoms with Crippen molar-refractivity contribution in [1.29, 1.82) is 5.26 Å². The zero-order chi connectivity index (χ0) is 11.7. The molecule has 0 radical (unpaired) electrons. The number of morpholine rings is 1. The minimum absolute atomic E-state index is 0.163. The Kier molecular flexibility index (Phi) is 3.33. The van der Waals surface area contributed by atoms with E-state index in [0.29, 0.717) is 10.7 Å². The molecule has 2 unspecified atom stereocenters. The molecule has 1 aliphatic rings. The van der Waals surface area contributed by atoms with Crippen LogP contribution in [-0.4, -0.2) is 29.7 Å². The SMILES string of the molecule is CC1CN(c2snc(Cl)c2C#N)CC(C)O1. The average molecular weight is 258 g/mol. The molecule has 86 valence electrons. The van der Waals surface area contributed by atoms with Gasteiger partial charge in [-0.05, 0) is 25.4 Å². The van der Waals surface area contributed by atoms with Gasteiger partial charge in [0.2, 0.25) is 0 Å². The van der Waals surface area contributed by atoms with Crippen molar-refractivity contribution in [3.05, 3.63) is 10.7 Å². The summed E-state index contributed by atoms with van der Waals surface area (Å²) in [6.45, 7) is 5.60. The van der Waals surface area contributed by atoms with E-state index in [1.54, 1.807) is 0 Å². The summed E-state index contributed by atoms with van der Waals surface area (Å²) in [5, 5.41) is 10.2. The summed E-state index contributed by atoms with van der Waals surface area (Å²) in [4.78, 5) is 2.13. The van der Waals surface area contributed by atoms with E-state index in [4.69, 9.17) is 21.6 Å². The number of rotatable bonds is 1. The first-order valence-electron chi connectivity index (χ1n) is 5.07. The van der Waals surface area contributed by atoms with Gasteiger partial charge in [0.15, 0.2) is 5.15 Å². The van der Waals surface area contributed by atoms with Gasteiger partial charge in [-0.15, -0.1) is 0 Å². The van der Waals surface area contributed by atoms with Crippen LogP contribution in [0.3, 0.4) is 0 Å². The maximum Gasteiger partial charge on any atom is 0.162 e. The topological polar surface area (TPSA) is 49.2 Å². The Labute approximate surface area is 104 Å². The molecule has 2 atom stereocenters. The highest BCUT2D eigenvalue weighted by molar-refractivity contribution is 7.10. The molecule has 1 fully saturated rings. The summed E-state index contributed by atoms with van der Waals surface area (Å²) < 4.78 is 9.66. The Balaban J connectivity index is 2.27. The third kappa shape index (κ3) is 2.14. The van der Waals surface area contributed by atoms with Gasteiger partial charge in [-0.3, -0.25) is 0 Å². The van der Waals surface area contributed by atoms with Gasteiger partial charge in [-0.25, -0.2) is 0 Å². The fraction of sp³-hybridized carbons (Fsp3) is 0.600. The van der Waals surface area contributed by atoms with E-state index in [2.05, 4.69) is 15.3 Å². The second-order valence-electron chi connectivity index (χ2n) is 3.93. The van der Waals surface area contributed by atoms with Gasteiger partial charge in [0, 0.05) is 13.1 Å². The lowest BCUT2D eigenvalue weighted by atomic mass is 10.2. The molecule has 6 heteroatoms. The largest absolute Gasteiger partial charge is 0.372 e. The van der Waals surface area contributed by atoms with E-state index in [9.17, 15) is 0 Å². The highest BCUT2D eigenvalue weighted by Crippen LogP contribution is 2.32. The number of hydrogen-bond acceptors (Lipinski definition) is 5. The Morgan fingerprint density at radius 2 is 2.12 bits per heavy atom. The first-order valence-corrected chi connectivity index (χ1v) is 6.22. The van der Waals surface area contributed by atoms with Crippen molar-refractivity contribution in [3.8, 4) is 6.07 Å². The monoisotopic (exact) mass is 257 g/mol. The van der Waals surface area contributed by atoms with Crippen LogP contribution in [0.2, 0.25) is 5.15 Å². The quantitative estimate of drug-likeness (QED) is 0.775. The third-order valence-electron chi connectivity index (χ3n) is 2.45. The average Bonchev–Trinajstić information content (AvgIpc) is 2.58. The van der Waals surface area contributed by atoms with Crippen LogP contribution >= 0.6 is 23.1 Å². The molecule has 2 heterocycles. The van der Waals surface area contributed by atoms with Gasteiger partial charge in [0.1, 0.15) is 16.6 Å². The second-order valence-corrected chi connectivity index (χ2v) is 5.04. The Morgan fingerprint density at radius 1 is 1.50 bits per heavy atom. The first kappa shape index (κ1) is 11.6. The molecule has 4 nitrogen and oxygen atoms in total. The second kappa shape index (κ2) is 4.58. The highest BCUT2D eigenvalue weighted by Gasteiger charge is 2.26. The molecule has 1 saturated heterocycles. The zero-order valence-corrected chi connectivity index (χ0v) is 10.7. The van der Waals surface area contributed by atoms with Gasteiger partial charge in [0.05, 0.1) is 12.2 Å². The van der Waals surface area contributed by atoms with Crippen molar-refractivity contribution >= 4 is 28.1 Å². The molecule has 1 aliphatic heterocycles. The van der Waals surface area contributed by atoms with Crippen LogP contribution in [0.4, 0.5) is 5.00 Å². The van der Waals surface area contributed by atoms with E-state index in [1.807, 2.05) is 13.8 Å². The number of halogens is 1. The summed E-state index contributed by atoms with van der Waals surface area (Å²) in [6.07, 6.45) is 0.326. The van der Waals surface area contributed by atoms with Gasteiger partial charge in [0.25, 0.3) is 0 Å². The lowest BCUT2D eigenvalue weighted by Gasteiger charge is -2.35. The molecule has 0 bridgehead atoms. The predicted molar refractivity (Wildman–Crippen MR) is 64.1 cm³/mol. The van der Waals surface area contributed by atoms with Crippen LogP contribution in [0, 0.1) is 11.3 Å². The van der Waals surface area contributed by atoms with Crippen LogP contribution in [0.5, 0.6) is 0 Å². The van der Waals surface area contributed by atoms with Crippen LogP contribution in [0.15, 0.2) is 0 Å². The zero-order valence-electron chi connectivity index (χ0n) is 9.11.